The molecule has 2 unspecified atom stereocenters. The summed E-state index contributed by atoms with van der Waals surface area (Å²) in [5.41, 5.74) is 1.74. The van der Waals surface area contributed by atoms with Gasteiger partial charge in [0.25, 0.3) is 0 Å². The van der Waals surface area contributed by atoms with Crippen molar-refractivity contribution >= 4 is 0 Å². The first-order valence-corrected chi connectivity index (χ1v) is 8.30. The van der Waals surface area contributed by atoms with Crippen molar-refractivity contribution in [2.45, 2.75) is 45.7 Å². The fraction of sp³-hybridized carbons (Fsp3) is 0.667. The minimum atomic E-state index is 0.383. The van der Waals surface area contributed by atoms with E-state index in [2.05, 4.69) is 55.3 Å². The number of piperidine rings is 1. The fourth-order valence-corrected chi connectivity index (χ4v) is 3.88. The molecule has 1 aromatic rings. The summed E-state index contributed by atoms with van der Waals surface area (Å²) in [6.07, 6.45) is 2.63. The fourth-order valence-electron chi connectivity index (χ4n) is 3.88. The van der Waals surface area contributed by atoms with Crippen LogP contribution in [0.15, 0.2) is 24.3 Å². The van der Waals surface area contributed by atoms with E-state index in [1.54, 1.807) is 0 Å². The SMILES string of the molecule is CCNC1c2ccccc2OCC1N1CCCC(C)(C)C1. The second-order valence-electron chi connectivity index (χ2n) is 7.19. The summed E-state index contributed by atoms with van der Waals surface area (Å²) < 4.78 is 6.05. The number of benzene rings is 1. The molecule has 2 aliphatic rings. The van der Waals surface area contributed by atoms with E-state index in [0.29, 0.717) is 17.5 Å². The Kier molecular flexibility index (Phi) is 4.23. The zero-order chi connectivity index (χ0) is 14.9. The standard InChI is InChI=1S/C18H28N2O/c1-4-19-17-14-8-5-6-9-16(14)21-12-15(17)20-11-7-10-18(2,3)13-20/h5-6,8-9,15,17,19H,4,7,10-13H2,1-3H3. The molecule has 0 aromatic heterocycles. The van der Waals surface area contributed by atoms with Crippen LogP contribution in [0.5, 0.6) is 5.75 Å². The lowest BCUT2D eigenvalue weighted by atomic mass is 9.82. The first-order chi connectivity index (χ1) is 10.1. The van der Waals surface area contributed by atoms with Crippen molar-refractivity contribution in [1.29, 1.82) is 0 Å². The molecule has 1 fully saturated rings. The molecule has 116 valence electrons. The van der Waals surface area contributed by atoms with E-state index in [4.69, 9.17) is 4.74 Å². The van der Waals surface area contributed by atoms with Crippen molar-refractivity contribution in [2.75, 3.05) is 26.2 Å². The molecule has 21 heavy (non-hydrogen) atoms. The van der Waals surface area contributed by atoms with Gasteiger partial charge in [0.15, 0.2) is 0 Å². The van der Waals surface area contributed by atoms with Gasteiger partial charge in [0.1, 0.15) is 12.4 Å². The molecule has 2 atom stereocenters. The van der Waals surface area contributed by atoms with Crippen molar-refractivity contribution in [3.8, 4) is 5.75 Å². The van der Waals surface area contributed by atoms with Gasteiger partial charge >= 0.3 is 0 Å². The van der Waals surface area contributed by atoms with Crippen LogP contribution in [0.4, 0.5) is 0 Å². The lowest BCUT2D eigenvalue weighted by Gasteiger charge is -2.46. The minimum absolute atomic E-state index is 0.383. The second kappa shape index (κ2) is 5.98. The van der Waals surface area contributed by atoms with Crippen LogP contribution < -0.4 is 10.1 Å². The van der Waals surface area contributed by atoms with Gasteiger partial charge < -0.3 is 10.1 Å². The summed E-state index contributed by atoms with van der Waals surface area (Å²) in [4.78, 5) is 2.65. The van der Waals surface area contributed by atoms with E-state index in [1.807, 2.05) is 0 Å². The normalized spacial score (nSPS) is 28.7. The van der Waals surface area contributed by atoms with Gasteiger partial charge in [-0.3, -0.25) is 4.90 Å². The third kappa shape index (κ3) is 3.09. The lowest BCUT2D eigenvalue weighted by molar-refractivity contribution is 0.0274. The Bertz CT molecular complexity index is 486. The Morgan fingerprint density at radius 1 is 1.33 bits per heavy atom. The number of likely N-dealkylation sites (tertiary alicyclic amines) is 1. The molecule has 0 bridgehead atoms. The number of ether oxygens (including phenoxy) is 1. The Hall–Kier alpha value is -1.06. The number of para-hydroxylation sites is 1. The molecule has 1 aromatic carbocycles. The average Bonchev–Trinajstić information content (AvgIpc) is 2.47. The van der Waals surface area contributed by atoms with E-state index < -0.39 is 0 Å². The van der Waals surface area contributed by atoms with Crippen molar-refractivity contribution in [2.24, 2.45) is 5.41 Å². The summed E-state index contributed by atoms with van der Waals surface area (Å²) >= 11 is 0. The van der Waals surface area contributed by atoms with Gasteiger partial charge in [-0.1, -0.05) is 39.0 Å². The van der Waals surface area contributed by atoms with Crippen molar-refractivity contribution < 1.29 is 4.74 Å². The Morgan fingerprint density at radius 3 is 2.90 bits per heavy atom. The maximum absolute atomic E-state index is 6.05. The van der Waals surface area contributed by atoms with Gasteiger partial charge in [0.2, 0.25) is 0 Å². The molecule has 2 aliphatic heterocycles. The molecular weight excluding hydrogens is 260 g/mol. The number of hydrogen-bond acceptors (Lipinski definition) is 3. The third-order valence-corrected chi connectivity index (χ3v) is 4.87. The highest BCUT2D eigenvalue weighted by Gasteiger charge is 2.38. The van der Waals surface area contributed by atoms with E-state index >= 15 is 0 Å². The zero-order valence-electron chi connectivity index (χ0n) is 13.6. The summed E-state index contributed by atoms with van der Waals surface area (Å²) in [5, 5.41) is 3.69. The number of nitrogens with zero attached hydrogens (tertiary/aromatic N) is 1. The van der Waals surface area contributed by atoms with Crippen LogP contribution in [0.1, 0.15) is 45.2 Å². The van der Waals surface area contributed by atoms with Crippen LogP contribution in [-0.4, -0.2) is 37.2 Å². The molecule has 0 amide bonds. The number of nitrogens with one attached hydrogen (secondary N) is 1. The van der Waals surface area contributed by atoms with Crippen LogP contribution >= 0.6 is 0 Å². The van der Waals surface area contributed by atoms with E-state index in [9.17, 15) is 0 Å². The van der Waals surface area contributed by atoms with Gasteiger partial charge in [-0.05, 0) is 37.4 Å². The van der Waals surface area contributed by atoms with Crippen LogP contribution in [0, 0.1) is 5.41 Å². The maximum Gasteiger partial charge on any atom is 0.124 e. The highest BCUT2D eigenvalue weighted by molar-refractivity contribution is 5.38. The van der Waals surface area contributed by atoms with Crippen LogP contribution in [-0.2, 0) is 0 Å². The molecule has 0 saturated carbocycles. The number of rotatable bonds is 3. The summed E-state index contributed by atoms with van der Waals surface area (Å²) in [6.45, 7) is 11.1. The number of likely N-dealkylation sites (N-methyl/N-ethyl adjacent to an activating group) is 1. The molecule has 2 heterocycles. The van der Waals surface area contributed by atoms with E-state index in [0.717, 1.165) is 18.9 Å². The van der Waals surface area contributed by atoms with Crippen molar-refractivity contribution in [3.63, 3.8) is 0 Å². The van der Waals surface area contributed by atoms with Gasteiger partial charge in [-0.25, -0.2) is 0 Å². The molecule has 3 rings (SSSR count). The van der Waals surface area contributed by atoms with E-state index in [1.165, 1.54) is 31.5 Å². The molecule has 1 N–H and O–H groups in total. The highest BCUT2D eigenvalue weighted by atomic mass is 16.5. The molecule has 0 spiro atoms. The van der Waals surface area contributed by atoms with Gasteiger partial charge in [-0.2, -0.15) is 0 Å². The Labute approximate surface area is 128 Å². The first kappa shape index (κ1) is 14.9. The van der Waals surface area contributed by atoms with Gasteiger partial charge in [0.05, 0.1) is 12.1 Å². The first-order valence-electron chi connectivity index (χ1n) is 8.30. The predicted octanol–water partition coefficient (Wildman–Crippen LogP) is 3.22. The summed E-state index contributed by atoms with van der Waals surface area (Å²) in [5.74, 6) is 1.05. The molecular formula is C18H28N2O. The second-order valence-corrected chi connectivity index (χ2v) is 7.19. The monoisotopic (exact) mass is 288 g/mol. The van der Waals surface area contributed by atoms with Crippen LogP contribution in [0.25, 0.3) is 0 Å². The van der Waals surface area contributed by atoms with Crippen molar-refractivity contribution in [1.82, 2.24) is 10.2 Å². The van der Waals surface area contributed by atoms with Crippen LogP contribution in [0.3, 0.4) is 0 Å². The third-order valence-electron chi connectivity index (χ3n) is 4.87. The van der Waals surface area contributed by atoms with Crippen molar-refractivity contribution in [3.05, 3.63) is 29.8 Å². The molecule has 0 radical (unpaired) electrons. The lowest BCUT2D eigenvalue weighted by Crippen LogP contribution is -2.54. The maximum atomic E-state index is 6.05. The highest BCUT2D eigenvalue weighted by Crippen LogP contribution is 2.37. The van der Waals surface area contributed by atoms with Gasteiger partial charge in [-0.15, -0.1) is 0 Å². The Morgan fingerprint density at radius 2 is 2.14 bits per heavy atom. The zero-order valence-corrected chi connectivity index (χ0v) is 13.6. The average molecular weight is 288 g/mol. The smallest absolute Gasteiger partial charge is 0.124 e. The number of fused-ring (bicyclic) bond motifs is 1. The largest absolute Gasteiger partial charge is 0.492 e. The molecule has 3 nitrogen and oxygen atoms in total. The van der Waals surface area contributed by atoms with Crippen LogP contribution in [0.2, 0.25) is 0 Å². The molecule has 0 aliphatic carbocycles. The van der Waals surface area contributed by atoms with Gasteiger partial charge in [0, 0.05) is 12.1 Å². The molecule has 3 heteroatoms. The summed E-state index contributed by atoms with van der Waals surface area (Å²) in [6, 6.07) is 9.31. The Balaban J connectivity index is 1.85. The van der Waals surface area contributed by atoms with E-state index in [-0.39, 0.29) is 0 Å². The molecule has 1 saturated heterocycles. The quantitative estimate of drug-likeness (QED) is 0.924. The minimum Gasteiger partial charge on any atom is -0.492 e. The number of hydrogen-bond donors (Lipinski definition) is 1. The topological polar surface area (TPSA) is 24.5 Å². The predicted molar refractivity (Wildman–Crippen MR) is 86.7 cm³/mol. The summed E-state index contributed by atoms with van der Waals surface area (Å²) in [7, 11) is 0.